The molecule has 10 nitrogen and oxygen atoms in total. The molecule has 0 unspecified atom stereocenters. The van der Waals surface area contributed by atoms with E-state index in [2.05, 4.69) is 20.6 Å². The van der Waals surface area contributed by atoms with Crippen molar-refractivity contribution in [3.63, 3.8) is 0 Å². The predicted molar refractivity (Wildman–Crippen MR) is 116 cm³/mol. The lowest BCUT2D eigenvalue weighted by atomic mass is 10.1. The maximum Gasteiger partial charge on any atom is 0.282 e. The number of aromatic nitrogens is 4. The maximum atomic E-state index is 12.4. The minimum Gasteiger partial charge on any atom is -0.438 e. The van der Waals surface area contributed by atoms with Gasteiger partial charge in [0.05, 0.1) is 10.6 Å². The van der Waals surface area contributed by atoms with Crippen LogP contribution < -0.4 is 10.1 Å². The Morgan fingerprint density at radius 2 is 1.78 bits per heavy atom. The molecule has 0 aliphatic heterocycles. The molecule has 2 aromatic heterocycles. The fourth-order valence-electron chi connectivity index (χ4n) is 3.09. The van der Waals surface area contributed by atoms with Crippen molar-refractivity contribution in [1.29, 1.82) is 0 Å². The highest BCUT2D eigenvalue weighted by molar-refractivity contribution is 6.07. The molecule has 32 heavy (non-hydrogen) atoms. The summed E-state index contributed by atoms with van der Waals surface area (Å²) in [6.45, 7) is 3.84. The summed E-state index contributed by atoms with van der Waals surface area (Å²) in [7, 11) is 0. The Labute approximate surface area is 182 Å². The molecule has 4 rings (SSSR count). The zero-order chi connectivity index (χ0) is 22.7. The predicted octanol–water partition coefficient (Wildman–Crippen LogP) is 4.23. The number of anilines is 1. The fourth-order valence-corrected chi connectivity index (χ4v) is 3.09. The van der Waals surface area contributed by atoms with Crippen LogP contribution in [0.4, 0.5) is 11.4 Å². The summed E-state index contributed by atoms with van der Waals surface area (Å²) in [5.74, 6) is 0.793. The molecule has 10 heteroatoms. The van der Waals surface area contributed by atoms with E-state index in [1.165, 1.54) is 18.2 Å². The average Bonchev–Trinajstić information content (AvgIpc) is 3.13. The largest absolute Gasteiger partial charge is 0.438 e. The molecule has 0 fully saturated rings. The Kier molecular flexibility index (Phi) is 5.58. The minimum atomic E-state index is -0.590. The summed E-state index contributed by atoms with van der Waals surface area (Å²) in [5.41, 5.74) is 2.03. The van der Waals surface area contributed by atoms with Crippen molar-refractivity contribution in [2.75, 3.05) is 5.32 Å². The van der Waals surface area contributed by atoms with Gasteiger partial charge in [0.1, 0.15) is 11.3 Å². The standard InChI is InChI=1S/C22H18N6O4/c1-14-13-15(2)27(26-14)20-11-12-21(25-24-20)32-17-9-7-16(8-10-17)23-22(29)18-5-3-4-6-19(18)28(30)31/h3-13H,1-2H3,(H,23,29). The van der Waals surface area contributed by atoms with E-state index in [1.807, 2.05) is 19.9 Å². The molecule has 1 N–H and O–H groups in total. The summed E-state index contributed by atoms with van der Waals surface area (Å²) in [6.07, 6.45) is 0. The van der Waals surface area contributed by atoms with Gasteiger partial charge in [0.25, 0.3) is 11.6 Å². The van der Waals surface area contributed by atoms with Crippen molar-refractivity contribution >= 4 is 17.3 Å². The molecular weight excluding hydrogens is 412 g/mol. The van der Waals surface area contributed by atoms with Gasteiger partial charge in [-0.1, -0.05) is 12.1 Å². The number of amides is 1. The van der Waals surface area contributed by atoms with E-state index in [1.54, 1.807) is 47.1 Å². The lowest BCUT2D eigenvalue weighted by Gasteiger charge is -2.08. The van der Waals surface area contributed by atoms with E-state index in [4.69, 9.17) is 4.74 Å². The average molecular weight is 430 g/mol. The first-order valence-electron chi connectivity index (χ1n) is 9.61. The van der Waals surface area contributed by atoms with E-state index >= 15 is 0 Å². The van der Waals surface area contributed by atoms with Gasteiger partial charge < -0.3 is 10.1 Å². The summed E-state index contributed by atoms with van der Waals surface area (Å²) >= 11 is 0. The monoisotopic (exact) mass is 430 g/mol. The van der Waals surface area contributed by atoms with Gasteiger partial charge in [0, 0.05) is 23.5 Å². The van der Waals surface area contributed by atoms with Crippen LogP contribution in [0.3, 0.4) is 0 Å². The molecule has 0 saturated heterocycles. The smallest absolute Gasteiger partial charge is 0.282 e. The number of nitrogens with one attached hydrogen (secondary N) is 1. The van der Waals surface area contributed by atoms with Crippen LogP contribution >= 0.6 is 0 Å². The normalized spacial score (nSPS) is 10.6. The number of ether oxygens (including phenoxy) is 1. The van der Waals surface area contributed by atoms with Crippen LogP contribution in [0, 0.1) is 24.0 Å². The van der Waals surface area contributed by atoms with Crippen LogP contribution in [0.1, 0.15) is 21.7 Å². The number of aryl methyl sites for hydroxylation is 2. The molecule has 0 spiro atoms. The number of para-hydroxylation sites is 1. The third-order valence-electron chi connectivity index (χ3n) is 4.53. The maximum absolute atomic E-state index is 12.4. The number of hydrogen-bond donors (Lipinski definition) is 1. The molecule has 4 aromatic rings. The first kappa shape index (κ1) is 20.7. The number of carbonyl (C=O) groups is 1. The second-order valence-electron chi connectivity index (χ2n) is 6.92. The third-order valence-corrected chi connectivity index (χ3v) is 4.53. The zero-order valence-electron chi connectivity index (χ0n) is 17.2. The summed E-state index contributed by atoms with van der Waals surface area (Å²) in [4.78, 5) is 22.9. The molecule has 2 aromatic carbocycles. The topological polar surface area (TPSA) is 125 Å². The van der Waals surface area contributed by atoms with E-state index in [9.17, 15) is 14.9 Å². The zero-order valence-corrected chi connectivity index (χ0v) is 17.2. The van der Waals surface area contributed by atoms with Gasteiger partial charge in [-0.15, -0.1) is 10.2 Å². The SMILES string of the molecule is Cc1cc(C)n(-c2ccc(Oc3ccc(NC(=O)c4ccccc4[N+](=O)[O-])cc3)nn2)n1. The Morgan fingerprint density at radius 3 is 2.41 bits per heavy atom. The first-order valence-corrected chi connectivity index (χ1v) is 9.61. The number of rotatable bonds is 6. The Hall–Kier alpha value is -4.60. The summed E-state index contributed by atoms with van der Waals surface area (Å²) in [5, 5.41) is 26.3. The number of nitro benzene ring substituents is 1. The van der Waals surface area contributed by atoms with Crippen molar-refractivity contribution in [3.8, 4) is 17.4 Å². The minimum absolute atomic E-state index is 0.0178. The lowest BCUT2D eigenvalue weighted by molar-refractivity contribution is -0.385. The Morgan fingerprint density at radius 1 is 1.03 bits per heavy atom. The van der Waals surface area contributed by atoms with Crippen molar-refractivity contribution in [2.45, 2.75) is 13.8 Å². The molecule has 2 heterocycles. The van der Waals surface area contributed by atoms with Gasteiger partial charge >= 0.3 is 0 Å². The second kappa shape index (κ2) is 8.64. The van der Waals surface area contributed by atoms with Crippen LogP contribution in [-0.4, -0.2) is 30.8 Å². The number of hydrogen-bond acceptors (Lipinski definition) is 7. The van der Waals surface area contributed by atoms with Crippen LogP contribution in [-0.2, 0) is 0 Å². The fraction of sp³-hybridized carbons (Fsp3) is 0.0909. The molecular formula is C22H18N6O4. The third kappa shape index (κ3) is 4.43. The molecule has 1 amide bonds. The van der Waals surface area contributed by atoms with Crippen LogP contribution in [0.25, 0.3) is 5.82 Å². The number of carbonyl (C=O) groups excluding carboxylic acids is 1. The number of nitrogens with zero attached hydrogens (tertiary/aromatic N) is 5. The van der Waals surface area contributed by atoms with Crippen LogP contribution in [0.2, 0.25) is 0 Å². The Balaban J connectivity index is 1.42. The molecule has 0 aliphatic rings. The van der Waals surface area contributed by atoms with Crippen molar-refractivity contribution in [1.82, 2.24) is 20.0 Å². The van der Waals surface area contributed by atoms with Crippen molar-refractivity contribution < 1.29 is 14.5 Å². The van der Waals surface area contributed by atoms with Crippen LogP contribution in [0.5, 0.6) is 11.6 Å². The van der Waals surface area contributed by atoms with Gasteiger partial charge in [-0.3, -0.25) is 14.9 Å². The highest BCUT2D eigenvalue weighted by atomic mass is 16.6. The highest BCUT2D eigenvalue weighted by Crippen LogP contribution is 2.23. The summed E-state index contributed by atoms with van der Waals surface area (Å²) < 4.78 is 7.39. The van der Waals surface area contributed by atoms with Gasteiger partial charge in [-0.2, -0.15) is 5.10 Å². The van der Waals surface area contributed by atoms with Gasteiger partial charge in [0.15, 0.2) is 5.82 Å². The molecule has 0 radical (unpaired) electrons. The van der Waals surface area contributed by atoms with Gasteiger partial charge in [-0.05, 0) is 56.3 Å². The van der Waals surface area contributed by atoms with Crippen LogP contribution in [0.15, 0.2) is 66.7 Å². The molecule has 0 bridgehead atoms. The summed E-state index contributed by atoms with van der Waals surface area (Å²) in [6, 6.07) is 17.7. The highest BCUT2D eigenvalue weighted by Gasteiger charge is 2.19. The van der Waals surface area contributed by atoms with Crippen molar-refractivity contribution in [2.24, 2.45) is 0 Å². The quantitative estimate of drug-likeness (QED) is 0.358. The van der Waals surface area contributed by atoms with E-state index in [-0.39, 0.29) is 11.3 Å². The first-order chi connectivity index (χ1) is 15.4. The lowest BCUT2D eigenvalue weighted by Crippen LogP contribution is -2.13. The molecule has 160 valence electrons. The molecule has 0 aliphatic carbocycles. The Bertz CT molecular complexity index is 1280. The number of benzene rings is 2. The van der Waals surface area contributed by atoms with Crippen molar-refractivity contribution in [3.05, 3.63) is 93.8 Å². The second-order valence-corrected chi connectivity index (χ2v) is 6.92. The van der Waals surface area contributed by atoms with E-state index in [0.717, 1.165) is 11.4 Å². The van der Waals surface area contributed by atoms with E-state index < -0.39 is 10.8 Å². The van der Waals surface area contributed by atoms with Gasteiger partial charge in [-0.25, -0.2) is 4.68 Å². The van der Waals surface area contributed by atoms with Gasteiger partial charge in [0.2, 0.25) is 5.88 Å². The molecule has 0 atom stereocenters. The molecule has 0 saturated carbocycles. The number of nitro groups is 1. The van der Waals surface area contributed by atoms with E-state index in [0.29, 0.717) is 23.1 Å².